The van der Waals surface area contributed by atoms with Crippen LogP contribution < -0.4 is 20.1 Å². The quantitative estimate of drug-likeness (QED) is 0.518. The van der Waals surface area contributed by atoms with Gasteiger partial charge in [0.1, 0.15) is 6.04 Å². The fraction of sp³-hybridized carbons (Fsp3) is 0.333. The Morgan fingerprint density at radius 1 is 1.11 bits per heavy atom. The van der Waals surface area contributed by atoms with Gasteiger partial charge in [-0.3, -0.25) is 9.59 Å². The number of ether oxygens (including phenoxy) is 2. The molecule has 0 saturated carbocycles. The fourth-order valence-corrected chi connectivity index (χ4v) is 5.74. The molecule has 1 unspecified atom stereocenters. The maximum absolute atomic E-state index is 13.0. The van der Waals surface area contributed by atoms with Gasteiger partial charge in [-0.15, -0.1) is 6.58 Å². The van der Waals surface area contributed by atoms with Crippen molar-refractivity contribution in [3.8, 4) is 11.5 Å². The van der Waals surface area contributed by atoms with Crippen LogP contribution in [0.25, 0.3) is 0 Å². The summed E-state index contributed by atoms with van der Waals surface area (Å²) in [4.78, 5) is 26.1. The van der Waals surface area contributed by atoms with Crippen molar-refractivity contribution in [3.05, 3.63) is 65.7 Å². The van der Waals surface area contributed by atoms with Crippen LogP contribution >= 0.6 is 11.6 Å². The molecule has 2 amide bonds. The summed E-state index contributed by atoms with van der Waals surface area (Å²) >= 11 is 5.88. The standard InChI is InChI=1S/C24H26ClN3O6S/c1-2-11-26-24(30)22(27-23(29)17-3-8-20-21(14-17)34-15-33-20)16-9-12-28(13-10-16)35(31,32)19-6-4-18(25)5-7-19/h2-8,14,16,22H,1,9-13,15H2,(H,26,30)(H,27,29). The van der Waals surface area contributed by atoms with E-state index < -0.39 is 22.0 Å². The van der Waals surface area contributed by atoms with E-state index in [2.05, 4.69) is 17.2 Å². The summed E-state index contributed by atoms with van der Waals surface area (Å²) in [7, 11) is -3.69. The van der Waals surface area contributed by atoms with E-state index in [0.29, 0.717) is 34.9 Å². The Morgan fingerprint density at radius 3 is 2.49 bits per heavy atom. The van der Waals surface area contributed by atoms with Crippen LogP contribution in [0.1, 0.15) is 23.2 Å². The van der Waals surface area contributed by atoms with Crippen molar-refractivity contribution in [1.82, 2.24) is 14.9 Å². The lowest BCUT2D eigenvalue weighted by Crippen LogP contribution is -2.53. The van der Waals surface area contributed by atoms with Gasteiger partial charge in [0, 0.05) is 30.2 Å². The third-order valence-corrected chi connectivity index (χ3v) is 8.21. The Balaban J connectivity index is 1.46. The van der Waals surface area contributed by atoms with E-state index in [9.17, 15) is 18.0 Å². The zero-order valence-electron chi connectivity index (χ0n) is 18.9. The van der Waals surface area contributed by atoms with Crippen LogP contribution in [0.15, 0.2) is 60.0 Å². The van der Waals surface area contributed by atoms with Gasteiger partial charge in [-0.25, -0.2) is 8.42 Å². The predicted octanol–water partition coefficient (Wildman–Crippen LogP) is 2.57. The van der Waals surface area contributed by atoms with Crippen molar-refractivity contribution in [1.29, 1.82) is 0 Å². The molecule has 186 valence electrons. The summed E-state index contributed by atoms with van der Waals surface area (Å²) in [5, 5.41) is 6.02. The average molecular weight is 520 g/mol. The zero-order valence-corrected chi connectivity index (χ0v) is 20.5. The maximum atomic E-state index is 13.0. The Morgan fingerprint density at radius 2 is 1.80 bits per heavy atom. The lowest BCUT2D eigenvalue weighted by atomic mass is 9.89. The molecule has 2 aromatic carbocycles. The van der Waals surface area contributed by atoms with Gasteiger partial charge in [0.2, 0.25) is 22.7 Å². The number of carbonyl (C=O) groups excluding carboxylic acids is 2. The smallest absolute Gasteiger partial charge is 0.252 e. The van der Waals surface area contributed by atoms with Gasteiger partial charge in [0.15, 0.2) is 11.5 Å². The highest BCUT2D eigenvalue weighted by molar-refractivity contribution is 7.89. The predicted molar refractivity (Wildman–Crippen MR) is 130 cm³/mol. The molecule has 0 aliphatic carbocycles. The van der Waals surface area contributed by atoms with Crippen molar-refractivity contribution in [2.24, 2.45) is 5.92 Å². The monoisotopic (exact) mass is 519 g/mol. The number of halogens is 1. The van der Waals surface area contributed by atoms with Crippen molar-refractivity contribution >= 4 is 33.4 Å². The third kappa shape index (κ3) is 5.61. The van der Waals surface area contributed by atoms with Gasteiger partial charge in [-0.05, 0) is 61.2 Å². The van der Waals surface area contributed by atoms with Crippen LogP contribution in [-0.4, -0.2) is 57.0 Å². The molecule has 1 saturated heterocycles. The first-order valence-corrected chi connectivity index (χ1v) is 13.0. The minimum atomic E-state index is -3.69. The van der Waals surface area contributed by atoms with Crippen LogP contribution in [0.2, 0.25) is 5.02 Å². The first-order valence-electron chi connectivity index (χ1n) is 11.1. The number of rotatable bonds is 8. The molecular weight excluding hydrogens is 494 g/mol. The minimum absolute atomic E-state index is 0.0878. The molecule has 2 heterocycles. The highest BCUT2D eigenvalue weighted by Gasteiger charge is 2.36. The number of hydrogen-bond acceptors (Lipinski definition) is 6. The van der Waals surface area contributed by atoms with Crippen LogP contribution in [0.3, 0.4) is 0 Å². The first kappa shape index (κ1) is 25.0. The van der Waals surface area contributed by atoms with Crippen molar-refractivity contribution < 1.29 is 27.5 Å². The molecule has 0 spiro atoms. The van der Waals surface area contributed by atoms with Crippen LogP contribution in [0.4, 0.5) is 0 Å². The van der Waals surface area contributed by atoms with Crippen LogP contribution in [0.5, 0.6) is 11.5 Å². The number of benzene rings is 2. The lowest BCUT2D eigenvalue weighted by molar-refractivity contribution is -0.124. The fourth-order valence-electron chi connectivity index (χ4n) is 4.15. The molecule has 0 radical (unpaired) electrons. The van der Waals surface area contributed by atoms with Crippen molar-refractivity contribution in [2.45, 2.75) is 23.8 Å². The maximum Gasteiger partial charge on any atom is 0.252 e. The molecule has 9 nitrogen and oxygen atoms in total. The first-order chi connectivity index (χ1) is 16.8. The van der Waals surface area contributed by atoms with Gasteiger partial charge in [-0.2, -0.15) is 4.31 Å². The Kier molecular flexibility index (Phi) is 7.63. The van der Waals surface area contributed by atoms with E-state index in [1.807, 2.05) is 0 Å². The summed E-state index contributed by atoms with van der Waals surface area (Å²) in [6.07, 6.45) is 2.36. The largest absolute Gasteiger partial charge is 0.454 e. The molecule has 35 heavy (non-hydrogen) atoms. The van der Waals surface area contributed by atoms with E-state index in [1.165, 1.54) is 28.6 Å². The molecule has 2 aliphatic rings. The highest BCUT2D eigenvalue weighted by atomic mass is 35.5. The Hall–Kier alpha value is -3.08. The Bertz CT molecular complexity index is 1210. The second kappa shape index (κ2) is 10.7. The number of nitrogens with zero attached hydrogens (tertiary/aromatic N) is 1. The Labute approximate surface area is 209 Å². The molecule has 11 heteroatoms. The molecule has 0 aromatic heterocycles. The van der Waals surface area contributed by atoms with E-state index in [4.69, 9.17) is 21.1 Å². The SMILES string of the molecule is C=CCNC(=O)C(NC(=O)c1ccc2c(c1)OCO2)C1CCN(S(=O)(=O)c2ccc(Cl)cc2)CC1. The molecule has 1 atom stereocenters. The number of fused-ring (bicyclic) bond motifs is 1. The second-order valence-corrected chi connectivity index (χ2v) is 10.6. The number of sulfonamides is 1. The number of carbonyl (C=O) groups is 2. The van der Waals surface area contributed by atoms with Crippen molar-refractivity contribution in [3.63, 3.8) is 0 Å². The third-order valence-electron chi connectivity index (χ3n) is 6.05. The lowest BCUT2D eigenvalue weighted by Gasteiger charge is -2.35. The summed E-state index contributed by atoms with van der Waals surface area (Å²) < 4.78 is 38.0. The molecule has 2 aromatic rings. The molecule has 1 fully saturated rings. The highest BCUT2D eigenvalue weighted by Crippen LogP contribution is 2.33. The van der Waals surface area contributed by atoms with Gasteiger partial charge < -0.3 is 20.1 Å². The van der Waals surface area contributed by atoms with Crippen LogP contribution in [-0.2, 0) is 14.8 Å². The zero-order chi connectivity index (χ0) is 25.0. The molecular formula is C24H26ClN3O6S. The summed E-state index contributed by atoms with van der Waals surface area (Å²) in [5.41, 5.74) is 0.332. The summed E-state index contributed by atoms with van der Waals surface area (Å²) in [5.74, 6) is -0.0205. The molecule has 4 rings (SSSR count). The summed E-state index contributed by atoms with van der Waals surface area (Å²) in [6, 6.07) is 9.99. The van der Waals surface area contributed by atoms with E-state index >= 15 is 0 Å². The number of hydrogen-bond donors (Lipinski definition) is 2. The van der Waals surface area contributed by atoms with Gasteiger partial charge >= 0.3 is 0 Å². The number of piperidine rings is 1. The molecule has 0 bridgehead atoms. The van der Waals surface area contributed by atoms with E-state index in [0.717, 1.165) is 0 Å². The minimum Gasteiger partial charge on any atom is -0.454 e. The van der Waals surface area contributed by atoms with Crippen molar-refractivity contribution in [2.75, 3.05) is 26.4 Å². The normalized spacial score (nSPS) is 16.9. The number of amides is 2. The second-order valence-electron chi connectivity index (χ2n) is 8.25. The molecule has 2 N–H and O–H groups in total. The average Bonchev–Trinajstić information content (AvgIpc) is 3.34. The number of nitrogens with one attached hydrogen (secondary N) is 2. The van der Waals surface area contributed by atoms with Crippen LogP contribution in [0, 0.1) is 5.92 Å². The molecule has 2 aliphatic heterocycles. The summed E-state index contributed by atoms with van der Waals surface area (Å²) in [6.45, 7) is 4.39. The van der Waals surface area contributed by atoms with E-state index in [1.54, 1.807) is 24.3 Å². The van der Waals surface area contributed by atoms with Gasteiger partial charge in [0.05, 0.1) is 4.90 Å². The van der Waals surface area contributed by atoms with Gasteiger partial charge in [-0.1, -0.05) is 17.7 Å². The topological polar surface area (TPSA) is 114 Å². The van der Waals surface area contributed by atoms with E-state index in [-0.39, 0.29) is 43.1 Å². The van der Waals surface area contributed by atoms with Gasteiger partial charge in [0.25, 0.3) is 5.91 Å².